The first-order valence-electron chi connectivity index (χ1n) is 6.14. The molecule has 0 saturated carbocycles. The summed E-state index contributed by atoms with van der Waals surface area (Å²) in [5, 5.41) is 0. The summed E-state index contributed by atoms with van der Waals surface area (Å²) in [5.41, 5.74) is 1.27. The first-order valence-corrected chi connectivity index (χ1v) is 6.14. The summed E-state index contributed by atoms with van der Waals surface area (Å²) >= 11 is 0. The molecule has 0 aromatic heterocycles. The molecule has 2 aliphatic rings. The fourth-order valence-corrected chi connectivity index (χ4v) is 2.45. The molecule has 0 radical (unpaired) electrons. The van der Waals surface area contributed by atoms with Crippen molar-refractivity contribution < 1.29 is 19.2 Å². The van der Waals surface area contributed by atoms with Crippen molar-refractivity contribution in [1.29, 1.82) is 0 Å². The molecule has 0 spiro atoms. The Balaban J connectivity index is 1.83. The third kappa shape index (κ3) is 1.81. The van der Waals surface area contributed by atoms with E-state index in [1.54, 1.807) is 17.0 Å². The van der Waals surface area contributed by atoms with E-state index in [-0.39, 0.29) is 0 Å². The first kappa shape index (κ1) is 11.4. The minimum absolute atomic E-state index is 0.391. The van der Waals surface area contributed by atoms with Gasteiger partial charge in [0.25, 0.3) is 5.78 Å². The summed E-state index contributed by atoms with van der Waals surface area (Å²) in [6.07, 6.45) is 0. The van der Waals surface area contributed by atoms with Crippen LogP contribution in [-0.2, 0) is 9.53 Å². The third-order valence-corrected chi connectivity index (χ3v) is 3.46. The van der Waals surface area contributed by atoms with Crippen LogP contribution in [0.25, 0.3) is 0 Å². The largest absolute Gasteiger partial charge is 0.370 e. The van der Waals surface area contributed by atoms with E-state index in [0.717, 1.165) is 18.8 Å². The van der Waals surface area contributed by atoms with Gasteiger partial charge < -0.3 is 9.64 Å². The SMILES string of the molecule is O=C1C(=O)N(C[NH+]2CCOCC2)c2ccccc21. The Morgan fingerprint density at radius 2 is 1.89 bits per heavy atom. The number of fused-ring (bicyclic) bond motifs is 1. The van der Waals surface area contributed by atoms with E-state index in [1.807, 2.05) is 12.1 Å². The van der Waals surface area contributed by atoms with E-state index in [1.165, 1.54) is 4.90 Å². The molecule has 2 heterocycles. The van der Waals surface area contributed by atoms with Crippen LogP contribution in [0.4, 0.5) is 5.69 Å². The maximum absolute atomic E-state index is 12.0. The monoisotopic (exact) mass is 247 g/mol. The highest BCUT2D eigenvalue weighted by molar-refractivity contribution is 6.52. The Morgan fingerprint density at radius 3 is 2.67 bits per heavy atom. The lowest BCUT2D eigenvalue weighted by molar-refractivity contribution is -0.906. The summed E-state index contributed by atoms with van der Waals surface area (Å²) in [6, 6.07) is 7.18. The van der Waals surface area contributed by atoms with Crippen molar-refractivity contribution in [1.82, 2.24) is 0 Å². The standard InChI is InChI=1S/C13H14N2O3/c16-12-10-3-1-2-4-11(10)15(13(12)17)9-14-5-7-18-8-6-14/h1-4H,5-9H2/p+1. The van der Waals surface area contributed by atoms with Crippen molar-refractivity contribution in [2.45, 2.75) is 0 Å². The molecule has 0 aliphatic carbocycles. The second kappa shape index (κ2) is 4.51. The van der Waals surface area contributed by atoms with Crippen LogP contribution in [-0.4, -0.2) is 44.7 Å². The molecular weight excluding hydrogens is 232 g/mol. The molecule has 0 atom stereocenters. The topological polar surface area (TPSA) is 51.0 Å². The molecular formula is C13H15N2O3+. The zero-order valence-corrected chi connectivity index (χ0v) is 10.0. The molecule has 1 N–H and O–H groups in total. The highest BCUT2D eigenvalue weighted by Gasteiger charge is 2.37. The quantitative estimate of drug-likeness (QED) is 0.688. The van der Waals surface area contributed by atoms with Gasteiger partial charge in [-0.2, -0.15) is 0 Å². The van der Waals surface area contributed by atoms with E-state index >= 15 is 0 Å². The van der Waals surface area contributed by atoms with E-state index in [4.69, 9.17) is 4.74 Å². The van der Waals surface area contributed by atoms with Gasteiger partial charge in [-0.1, -0.05) is 12.1 Å². The molecule has 18 heavy (non-hydrogen) atoms. The highest BCUT2D eigenvalue weighted by atomic mass is 16.5. The van der Waals surface area contributed by atoms with Crippen molar-refractivity contribution in [3.63, 3.8) is 0 Å². The number of morpholine rings is 1. The molecule has 5 heteroatoms. The Hall–Kier alpha value is -1.72. The van der Waals surface area contributed by atoms with Crippen molar-refractivity contribution in [2.24, 2.45) is 0 Å². The minimum Gasteiger partial charge on any atom is -0.370 e. The Kier molecular flexibility index (Phi) is 2.85. The summed E-state index contributed by atoms with van der Waals surface area (Å²) in [5.74, 6) is -0.798. The number of amides is 1. The zero-order chi connectivity index (χ0) is 12.5. The number of ether oxygens (including phenoxy) is 1. The smallest absolute Gasteiger partial charge is 0.303 e. The number of nitrogens with one attached hydrogen (secondary N) is 1. The average molecular weight is 247 g/mol. The predicted octanol–water partition coefficient (Wildman–Crippen LogP) is -0.911. The summed E-state index contributed by atoms with van der Waals surface area (Å²) < 4.78 is 5.29. The lowest BCUT2D eigenvalue weighted by atomic mass is 10.1. The number of Topliss-reactive ketones (excluding diaryl/α,β-unsaturated/α-hetero) is 1. The number of carbonyl (C=O) groups excluding carboxylic acids is 2. The second-order valence-electron chi connectivity index (χ2n) is 4.60. The highest BCUT2D eigenvalue weighted by Crippen LogP contribution is 2.27. The number of nitrogens with zero attached hydrogens (tertiary/aromatic N) is 1. The molecule has 1 saturated heterocycles. The van der Waals surface area contributed by atoms with E-state index in [0.29, 0.717) is 25.4 Å². The van der Waals surface area contributed by atoms with Crippen molar-refractivity contribution in [2.75, 3.05) is 37.9 Å². The molecule has 1 amide bonds. The van der Waals surface area contributed by atoms with Crippen molar-refractivity contribution in [3.8, 4) is 0 Å². The van der Waals surface area contributed by atoms with E-state index < -0.39 is 11.7 Å². The van der Waals surface area contributed by atoms with E-state index in [9.17, 15) is 9.59 Å². The predicted molar refractivity (Wildman–Crippen MR) is 64.6 cm³/mol. The number of quaternary nitrogens is 1. The van der Waals surface area contributed by atoms with Crippen LogP contribution in [0, 0.1) is 0 Å². The fraction of sp³-hybridized carbons (Fsp3) is 0.385. The maximum atomic E-state index is 12.0. The van der Waals surface area contributed by atoms with Crippen LogP contribution in [0.3, 0.4) is 0 Å². The number of benzene rings is 1. The molecule has 1 aromatic carbocycles. The van der Waals surface area contributed by atoms with Crippen molar-refractivity contribution >= 4 is 17.4 Å². The van der Waals surface area contributed by atoms with Crippen LogP contribution >= 0.6 is 0 Å². The maximum Gasteiger partial charge on any atom is 0.303 e. The van der Waals surface area contributed by atoms with Crippen LogP contribution in [0.5, 0.6) is 0 Å². The first-order chi connectivity index (χ1) is 8.77. The van der Waals surface area contributed by atoms with E-state index in [2.05, 4.69) is 0 Å². The number of anilines is 1. The lowest BCUT2D eigenvalue weighted by Gasteiger charge is -2.27. The van der Waals surface area contributed by atoms with Gasteiger partial charge in [-0.3, -0.25) is 14.5 Å². The van der Waals surface area contributed by atoms with Gasteiger partial charge in [0.2, 0.25) is 0 Å². The molecule has 3 rings (SSSR count). The van der Waals surface area contributed by atoms with Gasteiger partial charge in [-0.05, 0) is 12.1 Å². The van der Waals surface area contributed by atoms with Gasteiger partial charge in [0, 0.05) is 0 Å². The third-order valence-electron chi connectivity index (χ3n) is 3.46. The second-order valence-corrected chi connectivity index (χ2v) is 4.60. The molecule has 1 fully saturated rings. The zero-order valence-electron chi connectivity index (χ0n) is 10.0. The fourth-order valence-electron chi connectivity index (χ4n) is 2.45. The van der Waals surface area contributed by atoms with Gasteiger partial charge in [0.1, 0.15) is 13.1 Å². The number of para-hydroxylation sites is 1. The Bertz CT molecular complexity index is 495. The van der Waals surface area contributed by atoms with Crippen LogP contribution < -0.4 is 9.80 Å². The number of hydrogen-bond acceptors (Lipinski definition) is 3. The minimum atomic E-state index is -0.407. The number of ketones is 1. The Morgan fingerprint density at radius 1 is 1.17 bits per heavy atom. The molecule has 0 bridgehead atoms. The summed E-state index contributed by atoms with van der Waals surface area (Å²) in [4.78, 5) is 26.7. The number of hydrogen-bond donors (Lipinski definition) is 1. The van der Waals surface area contributed by atoms with Gasteiger partial charge in [-0.15, -0.1) is 0 Å². The van der Waals surface area contributed by atoms with Gasteiger partial charge in [-0.25, -0.2) is 0 Å². The Labute approximate surface area is 105 Å². The molecule has 2 aliphatic heterocycles. The lowest BCUT2D eigenvalue weighted by Crippen LogP contribution is -3.15. The van der Waals surface area contributed by atoms with Crippen molar-refractivity contribution in [3.05, 3.63) is 29.8 Å². The van der Waals surface area contributed by atoms with Gasteiger partial charge in [0.15, 0.2) is 6.67 Å². The normalized spacial score (nSPS) is 20.3. The number of rotatable bonds is 2. The van der Waals surface area contributed by atoms with Gasteiger partial charge >= 0.3 is 5.91 Å². The number of carbonyl (C=O) groups is 2. The van der Waals surface area contributed by atoms with Gasteiger partial charge in [0.05, 0.1) is 24.5 Å². The van der Waals surface area contributed by atoms with Crippen LogP contribution in [0.2, 0.25) is 0 Å². The average Bonchev–Trinajstić information content (AvgIpc) is 2.66. The molecule has 94 valence electrons. The molecule has 0 unspecified atom stereocenters. The molecule has 1 aromatic rings. The summed E-state index contributed by atoms with van der Waals surface area (Å²) in [7, 11) is 0. The van der Waals surface area contributed by atoms with Crippen LogP contribution in [0.1, 0.15) is 10.4 Å². The summed E-state index contributed by atoms with van der Waals surface area (Å²) in [6.45, 7) is 3.73. The molecule has 5 nitrogen and oxygen atoms in total. The van der Waals surface area contributed by atoms with Crippen LogP contribution in [0.15, 0.2) is 24.3 Å².